The molecule has 0 aliphatic carbocycles. The van der Waals surface area contributed by atoms with Gasteiger partial charge in [-0.15, -0.1) is 0 Å². The summed E-state index contributed by atoms with van der Waals surface area (Å²) in [6, 6.07) is 1.94. The van der Waals surface area contributed by atoms with Crippen molar-refractivity contribution in [2.45, 2.75) is 51.5 Å². The minimum absolute atomic E-state index is 0.0566. The second kappa shape index (κ2) is 5.99. The summed E-state index contributed by atoms with van der Waals surface area (Å²) in [6.45, 7) is 5.00. The molecule has 1 aliphatic heterocycles. The number of aromatic nitrogens is 2. The second-order valence-corrected chi connectivity index (χ2v) is 5.37. The Morgan fingerprint density at radius 1 is 1.53 bits per heavy atom. The molecular formula is C14H21N3O2. The largest absolute Gasteiger partial charge is 0.481 e. The zero-order valence-corrected chi connectivity index (χ0v) is 11.5. The standard InChI is InChI=1S/C14H21N3O2/c1-10(2)14-15-7-6-12(16-14)17-8-4-3-5-11(17)9-13(18)19/h6-7,10-11H,3-5,8-9H2,1-2H3,(H,18,19)/t11-/m1/s1. The molecule has 1 aromatic rings. The maximum atomic E-state index is 11.0. The van der Waals surface area contributed by atoms with Crippen molar-refractivity contribution in [1.82, 2.24) is 9.97 Å². The van der Waals surface area contributed by atoms with E-state index in [1.54, 1.807) is 6.20 Å². The number of aliphatic carboxylic acids is 1. The maximum absolute atomic E-state index is 11.0. The number of carbonyl (C=O) groups is 1. The van der Waals surface area contributed by atoms with Crippen molar-refractivity contribution in [1.29, 1.82) is 0 Å². The Hall–Kier alpha value is -1.65. The lowest BCUT2D eigenvalue weighted by atomic mass is 9.99. The van der Waals surface area contributed by atoms with Gasteiger partial charge < -0.3 is 10.0 Å². The summed E-state index contributed by atoms with van der Waals surface area (Å²) in [5.74, 6) is 1.22. The summed E-state index contributed by atoms with van der Waals surface area (Å²) in [6.07, 6.45) is 5.06. The SMILES string of the molecule is CC(C)c1nccc(N2CCCC[C@@H]2CC(=O)O)n1. The molecule has 0 aromatic carbocycles. The lowest BCUT2D eigenvalue weighted by Gasteiger charge is -2.36. The number of nitrogens with zero attached hydrogens (tertiary/aromatic N) is 3. The quantitative estimate of drug-likeness (QED) is 0.903. The van der Waals surface area contributed by atoms with Crippen LogP contribution in [0.1, 0.15) is 51.3 Å². The molecule has 1 N–H and O–H groups in total. The molecule has 1 saturated heterocycles. The Balaban J connectivity index is 2.21. The van der Waals surface area contributed by atoms with Crippen molar-refractivity contribution in [3.05, 3.63) is 18.1 Å². The molecule has 0 amide bonds. The van der Waals surface area contributed by atoms with Gasteiger partial charge in [0, 0.05) is 24.7 Å². The third-order valence-electron chi connectivity index (χ3n) is 3.51. The normalized spacial score (nSPS) is 19.7. The Kier molecular flexibility index (Phi) is 4.35. The van der Waals surface area contributed by atoms with Gasteiger partial charge in [0.1, 0.15) is 11.6 Å². The zero-order valence-electron chi connectivity index (χ0n) is 11.5. The highest BCUT2D eigenvalue weighted by molar-refractivity contribution is 5.68. The predicted molar refractivity (Wildman–Crippen MR) is 73.4 cm³/mol. The van der Waals surface area contributed by atoms with E-state index in [-0.39, 0.29) is 18.4 Å². The number of piperidine rings is 1. The molecule has 5 nitrogen and oxygen atoms in total. The molecule has 104 valence electrons. The molecule has 19 heavy (non-hydrogen) atoms. The summed E-state index contributed by atoms with van der Waals surface area (Å²) in [5, 5.41) is 9.01. The molecule has 0 saturated carbocycles. The van der Waals surface area contributed by atoms with Crippen LogP contribution < -0.4 is 4.90 Å². The number of hydrogen-bond acceptors (Lipinski definition) is 4. The van der Waals surface area contributed by atoms with E-state index in [9.17, 15) is 4.79 Å². The van der Waals surface area contributed by atoms with Crippen LogP contribution in [0.5, 0.6) is 0 Å². The van der Waals surface area contributed by atoms with Crippen LogP contribution in [0.15, 0.2) is 12.3 Å². The Morgan fingerprint density at radius 3 is 3.00 bits per heavy atom. The van der Waals surface area contributed by atoms with E-state index in [1.807, 2.05) is 6.07 Å². The third-order valence-corrected chi connectivity index (χ3v) is 3.51. The van der Waals surface area contributed by atoms with Gasteiger partial charge in [0.2, 0.25) is 0 Å². The number of hydrogen-bond donors (Lipinski definition) is 1. The first-order chi connectivity index (χ1) is 9.08. The second-order valence-electron chi connectivity index (χ2n) is 5.37. The lowest BCUT2D eigenvalue weighted by Crippen LogP contribution is -2.41. The Bertz CT molecular complexity index is 448. The Morgan fingerprint density at radius 2 is 2.32 bits per heavy atom. The zero-order chi connectivity index (χ0) is 13.8. The summed E-state index contributed by atoms with van der Waals surface area (Å²) in [5.41, 5.74) is 0. The van der Waals surface area contributed by atoms with Gasteiger partial charge in [0.05, 0.1) is 6.42 Å². The molecule has 1 aromatic heterocycles. The van der Waals surface area contributed by atoms with Crippen molar-refractivity contribution in [2.75, 3.05) is 11.4 Å². The minimum atomic E-state index is -0.741. The van der Waals surface area contributed by atoms with Crippen molar-refractivity contribution < 1.29 is 9.90 Å². The molecule has 1 atom stereocenters. The fourth-order valence-electron chi connectivity index (χ4n) is 2.52. The van der Waals surface area contributed by atoms with Gasteiger partial charge in [-0.25, -0.2) is 9.97 Å². The highest BCUT2D eigenvalue weighted by atomic mass is 16.4. The molecule has 1 aliphatic rings. The maximum Gasteiger partial charge on any atom is 0.305 e. The van der Waals surface area contributed by atoms with Crippen molar-refractivity contribution in [3.63, 3.8) is 0 Å². The first kappa shape index (κ1) is 13.8. The van der Waals surface area contributed by atoms with Gasteiger partial charge in [-0.2, -0.15) is 0 Å². The monoisotopic (exact) mass is 263 g/mol. The molecular weight excluding hydrogens is 242 g/mol. The molecule has 1 fully saturated rings. The van der Waals surface area contributed by atoms with Gasteiger partial charge in [-0.05, 0) is 25.3 Å². The molecule has 2 heterocycles. The van der Waals surface area contributed by atoms with E-state index in [0.29, 0.717) is 0 Å². The summed E-state index contributed by atoms with van der Waals surface area (Å²) >= 11 is 0. The van der Waals surface area contributed by atoms with Gasteiger partial charge in [0.25, 0.3) is 0 Å². The summed E-state index contributed by atoms with van der Waals surface area (Å²) in [4.78, 5) is 21.9. The molecule has 0 radical (unpaired) electrons. The fourth-order valence-corrected chi connectivity index (χ4v) is 2.52. The lowest BCUT2D eigenvalue weighted by molar-refractivity contribution is -0.137. The number of rotatable bonds is 4. The molecule has 2 rings (SSSR count). The van der Waals surface area contributed by atoms with E-state index >= 15 is 0 Å². The van der Waals surface area contributed by atoms with Crippen LogP contribution >= 0.6 is 0 Å². The average Bonchev–Trinajstić information content (AvgIpc) is 2.39. The summed E-state index contributed by atoms with van der Waals surface area (Å²) in [7, 11) is 0. The predicted octanol–water partition coefficient (Wildman–Crippen LogP) is 2.43. The van der Waals surface area contributed by atoms with Crippen LogP contribution in [-0.2, 0) is 4.79 Å². The van der Waals surface area contributed by atoms with Crippen LogP contribution in [0.25, 0.3) is 0 Å². The van der Waals surface area contributed by atoms with Crippen LogP contribution in [-0.4, -0.2) is 33.6 Å². The highest BCUT2D eigenvalue weighted by Gasteiger charge is 2.26. The molecule has 0 unspecified atom stereocenters. The first-order valence-electron chi connectivity index (χ1n) is 6.89. The van der Waals surface area contributed by atoms with E-state index in [2.05, 4.69) is 28.7 Å². The summed E-state index contributed by atoms with van der Waals surface area (Å²) < 4.78 is 0. The average molecular weight is 263 g/mol. The van der Waals surface area contributed by atoms with Crippen LogP contribution in [0.3, 0.4) is 0 Å². The van der Waals surface area contributed by atoms with E-state index in [0.717, 1.165) is 37.4 Å². The van der Waals surface area contributed by atoms with E-state index in [4.69, 9.17) is 5.11 Å². The van der Waals surface area contributed by atoms with Gasteiger partial charge >= 0.3 is 5.97 Å². The molecule has 0 bridgehead atoms. The van der Waals surface area contributed by atoms with E-state index < -0.39 is 5.97 Å². The topological polar surface area (TPSA) is 66.3 Å². The number of carboxylic acids is 1. The van der Waals surface area contributed by atoms with Gasteiger partial charge in [-0.3, -0.25) is 4.79 Å². The minimum Gasteiger partial charge on any atom is -0.481 e. The van der Waals surface area contributed by atoms with Gasteiger partial charge in [0.15, 0.2) is 0 Å². The smallest absolute Gasteiger partial charge is 0.305 e. The molecule has 5 heteroatoms. The molecule has 0 spiro atoms. The van der Waals surface area contributed by atoms with Gasteiger partial charge in [-0.1, -0.05) is 13.8 Å². The van der Waals surface area contributed by atoms with Crippen LogP contribution in [0, 0.1) is 0 Å². The van der Waals surface area contributed by atoms with Crippen LogP contribution in [0.2, 0.25) is 0 Å². The third kappa shape index (κ3) is 3.43. The van der Waals surface area contributed by atoms with Crippen LogP contribution in [0.4, 0.5) is 5.82 Å². The number of anilines is 1. The van der Waals surface area contributed by atoms with Crippen molar-refractivity contribution >= 4 is 11.8 Å². The Labute approximate surface area is 113 Å². The van der Waals surface area contributed by atoms with Crippen molar-refractivity contribution in [2.24, 2.45) is 0 Å². The van der Waals surface area contributed by atoms with Crippen molar-refractivity contribution in [3.8, 4) is 0 Å². The highest BCUT2D eigenvalue weighted by Crippen LogP contribution is 2.25. The number of carboxylic acid groups (broad SMARTS) is 1. The fraction of sp³-hybridized carbons (Fsp3) is 0.643. The van der Waals surface area contributed by atoms with E-state index in [1.165, 1.54) is 0 Å². The first-order valence-corrected chi connectivity index (χ1v) is 6.89.